The normalized spacial score (nSPS) is 21.3. The van der Waals surface area contributed by atoms with Crippen LogP contribution in [-0.4, -0.2) is 88.3 Å². The maximum atomic E-state index is 13.1. The van der Waals surface area contributed by atoms with Gasteiger partial charge in [-0.15, -0.1) is 0 Å². The summed E-state index contributed by atoms with van der Waals surface area (Å²) in [5.74, 6) is -0.0448. The monoisotopic (exact) mass is 425 g/mol. The average molecular weight is 426 g/mol. The fraction of sp³-hybridized carbons (Fsp3) is 0.522. The van der Waals surface area contributed by atoms with Gasteiger partial charge in [-0.1, -0.05) is 30.3 Å². The standard InChI is InChI=1S/C23H31N5O3/c1-25-16-20(22(30)26(2)15-18-7-5-4-6-8-18)31-23(17-25)10-13-28(14-11-23)21(29)19-9-12-27(3)24-19/h4-9,12,20H,10-11,13-17H2,1-3H3. The summed E-state index contributed by atoms with van der Waals surface area (Å²) in [5, 5.41) is 4.23. The van der Waals surface area contributed by atoms with Crippen molar-refractivity contribution in [3.05, 3.63) is 53.9 Å². The Balaban J connectivity index is 1.38. The molecule has 0 saturated carbocycles. The number of carbonyl (C=O) groups excluding carboxylic acids is 2. The summed E-state index contributed by atoms with van der Waals surface area (Å²) >= 11 is 0. The molecule has 166 valence electrons. The maximum absolute atomic E-state index is 13.1. The third kappa shape index (κ3) is 4.80. The molecule has 0 N–H and O–H groups in total. The van der Waals surface area contributed by atoms with Gasteiger partial charge >= 0.3 is 0 Å². The minimum atomic E-state index is -0.495. The molecule has 1 atom stereocenters. The third-order valence-corrected chi connectivity index (χ3v) is 6.24. The predicted octanol–water partition coefficient (Wildman–Crippen LogP) is 1.38. The van der Waals surface area contributed by atoms with Crippen molar-refractivity contribution in [3.63, 3.8) is 0 Å². The molecule has 0 aliphatic carbocycles. The van der Waals surface area contributed by atoms with Crippen molar-refractivity contribution >= 4 is 11.8 Å². The van der Waals surface area contributed by atoms with Gasteiger partial charge in [-0.05, 0) is 31.5 Å². The molecule has 0 bridgehead atoms. The average Bonchev–Trinajstić information content (AvgIpc) is 3.19. The van der Waals surface area contributed by atoms with Crippen molar-refractivity contribution in [3.8, 4) is 0 Å². The molecule has 2 saturated heterocycles. The van der Waals surface area contributed by atoms with E-state index in [-0.39, 0.29) is 11.8 Å². The van der Waals surface area contributed by atoms with E-state index in [0.717, 1.165) is 12.1 Å². The first-order chi connectivity index (χ1) is 14.8. The van der Waals surface area contributed by atoms with Gasteiger partial charge in [-0.2, -0.15) is 5.10 Å². The van der Waals surface area contributed by atoms with Gasteiger partial charge in [0.05, 0.1) is 5.60 Å². The minimum absolute atomic E-state index is 0.00164. The molecule has 4 rings (SSSR count). The van der Waals surface area contributed by atoms with Crippen LogP contribution in [0.3, 0.4) is 0 Å². The number of hydrogen-bond acceptors (Lipinski definition) is 5. The van der Waals surface area contributed by atoms with Crippen LogP contribution in [0, 0.1) is 0 Å². The van der Waals surface area contributed by atoms with Crippen molar-refractivity contribution in [2.75, 3.05) is 40.3 Å². The van der Waals surface area contributed by atoms with Crippen LogP contribution in [0.25, 0.3) is 0 Å². The molecular weight excluding hydrogens is 394 g/mol. The fourth-order valence-corrected chi connectivity index (χ4v) is 4.61. The largest absolute Gasteiger partial charge is 0.359 e. The first kappa shape index (κ1) is 21.5. The van der Waals surface area contributed by atoms with Gasteiger partial charge < -0.3 is 19.4 Å². The number of carbonyl (C=O) groups is 2. The van der Waals surface area contributed by atoms with Crippen LogP contribution in [0.4, 0.5) is 0 Å². The second-order valence-corrected chi connectivity index (χ2v) is 8.83. The molecule has 2 aliphatic heterocycles. The molecule has 31 heavy (non-hydrogen) atoms. The third-order valence-electron chi connectivity index (χ3n) is 6.24. The Hall–Kier alpha value is -2.71. The zero-order valence-corrected chi connectivity index (χ0v) is 18.5. The topological polar surface area (TPSA) is 70.9 Å². The highest BCUT2D eigenvalue weighted by atomic mass is 16.5. The highest BCUT2D eigenvalue weighted by molar-refractivity contribution is 5.92. The second-order valence-electron chi connectivity index (χ2n) is 8.83. The summed E-state index contributed by atoms with van der Waals surface area (Å²) in [6, 6.07) is 11.7. The van der Waals surface area contributed by atoms with Crippen LogP contribution >= 0.6 is 0 Å². The van der Waals surface area contributed by atoms with Crippen LogP contribution in [0.1, 0.15) is 28.9 Å². The molecule has 0 radical (unpaired) electrons. The van der Waals surface area contributed by atoms with Gasteiger partial charge in [0.15, 0.2) is 0 Å². The smallest absolute Gasteiger partial charge is 0.274 e. The lowest BCUT2D eigenvalue weighted by molar-refractivity contribution is -0.186. The Morgan fingerprint density at radius 2 is 1.87 bits per heavy atom. The Bertz CT molecular complexity index is 920. The number of nitrogens with zero attached hydrogens (tertiary/aromatic N) is 5. The van der Waals surface area contributed by atoms with Gasteiger partial charge in [-0.25, -0.2) is 0 Å². The summed E-state index contributed by atoms with van der Waals surface area (Å²) in [6.45, 7) is 3.11. The zero-order valence-electron chi connectivity index (χ0n) is 18.5. The number of hydrogen-bond donors (Lipinski definition) is 0. The molecule has 3 heterocycles. The lowest BCUT2D eigenvalue weighted by Crippen LogP contribution is -2.61. The number of amides is 2. The van der Waals surface area contributed by atoms with E-state index in [9.17, 15) is 9.59 Å². The number of piperidine rings is 1. The Kier molecular flexibility index (Phi) is 6.11. The number of likely N-dealkylation sites (tertiary alicyclic amines) is 1. The number of aromatic nitrogens is 2. The summed E-state index contributed by atoms with van der Waals surface area (Å²) in [5.41, 5.74) is 1.16. The molecule has 1 spiro atoms. The molecular formula is C23H31N5O3. The summed E-state index contributed by atoms with van der Waals surface area (Å²) < 4.78 is 8.09. The van der Waals surface area contributed by atoms with E-state index in [4.69, 9.17) is 4.74 Å². The molecule has 2 aliphatic rings. The highest BCUT2D eigenvalue weighted by Gasteiger charge is 2.45. The highest BCUT2D eigenvalue weighted by Crippen LogP contribution is 2.33. The lowest BCUT2D eigenvalue weighted by atomic mass is 9.88. The Labute approximate surface area is 183 Å². The van der Waals surface area contributed by atoms with Crippen LogP contribution in [0.5, 0.6) is 0 Å². The quantitative estimate of drug-likeness (QED) is 0.740. The van der Waals surface area contributed by atoms with Gasteiger partial charge in [0.1, 0.15) is 11.8 Å². The van der Waals surface area contributed by atoms with Crippen molar-refractivity contribution in [1.29, 1.82) is 0 Å². The lowest BCUT2D eigenvalue weighted by Gasteiger charge is -2.49. The molecule has 1 unspecified atom stereocenters. The van der Waals surface area contributed by atoms with Crippen molar-refractivity contribution < 1.29 is 14.3 Å². The van der Waals surface area contributed by atoms with E-state index in [1.807, 2.05) is 49.3 Å². The Morgan fingerprint density at radius 3 is 2.52 bits per heavy atom. The minimum Gasteiger partial charge on any atom is -0.359 e. The van der Waals surface area contributed by atoms with E-state index >= 15 is 0 Å². The van der Waals surface area contributed by atoms with Crippen molar-refractivity contribution in [2.45, 2.75) is 31.1 Å². The number of aryl methyl sites for hydroxylation is 1. The maximum Gasteiger partial charge on any atom is 0.274 e. The molecule has 8 heteroatoms. The predicted molar refractivity (Wildman–Crippen MR) is 116 cm³/mol. The molecule has 2 aromatic rings. The molecule has 2 fully saturated rings. The number of morpholine rings is 1. The van der Waals surface area contributed by atoms with E-state index < -0.39 is 11.7 Å². The number of rotatable bonds is 4. The molecule has 2 amide bonds. The van der Waals surface area contributed by atoms with Gasteiger partial charge in [0.2, 0.25) is 0 Å². The molecule has 8 nitrogen and oxygen atoms in total. The van der Waals surface area contributed by atoms with Crippen molar-refractivity contribution in [1.82, 2.24) is 24.5 Å². The number of likely N-dealkylation sites (N-methyl/N-ethyl adjacent to an activating group) is 2. The fourth-order valence-electron chi connectivity index (χ4n) is 4.61. The van der Waals surface area contributed by atoms with Crippen LogP contribution < -0.4 is 0 Å². The Morgan fingerprint density at radius 1 is 1.16 bits per heavy atom. The van der Waals surface area contributed by atoms with Gasteiger partial charge in [0, 0.05) is 53.0 Å². The van der Waals surface area contributed by atoms with Crippen LogP contribution in [0.2, 0.25) is 0 Å². The number of benzene rings is 1. The van der Waals surface area contributed by atoms with Gasteiger partial charge in [0.25, 0.3) is 11.8 Å². The first-order valence-electron chi connectivity index (χ1n) is 10.8. The van der Waals surface area contributed by atoms with E-state index in [1.54, 1.807) is 28.9 Å². The molecule has 1 aromatic heterocycles. The zero-order chi connectivity index (χ0) is 22.0. The van der Waals surface area contributed by atoms with E-state index in [2.05, 4.69) is 10.00 Å². The summed E-state index contributed by atoms with van der Waals surface area (Å²) in [4.78, 5) is 31.6. The van der Waals surface area contributed by atoms with E-state index in [0.29, 0.717) is 44.7 Å². The van der Waals surface area contributed by atoms with E-state index in [1.165, 1.54) is 0 Å². The van der Waals surface area contributed by atoms with Crippen LogP contribution in [-0.2, 0) is 23.1 Å². The summed E-state index contributed by atoms with van der Waals surface area (Å²) in [7, 11) is 5.67. The van der Waals surface area contributed by atoms with Gasteiger partial charge in [-0.3, -0.25) is 14.3 Å². The van der Waals surface area contributed by atoms with Crippen LogP contribution in [0.15, 0.2) is 42.6 Å². The second kappa shape index (κ2) is 8.80. The SMILES string of the molecule is CN1CC(C(=O)N(C)Cc2ccccc2)OC2(CCN(C(=O)c3ccn(C)n3)CC2)C1. The number of ether oxygens (including phenoxy) is 1. The summed E-state index contributed by atoms with van der Waals surface area (Å²) in [6.07, 6.45) is 2.70. The molecule has 1 aromatic carbocycles. The first-order valence-corrected chi connectivity index (χ1v) is 10.8. The van der Waals surface area contributed by atoms with Crippen molar-refractivity contribution in [2.24, 2.45) is 7.05 Å².